The minimum absolute atomic E-state index is 0.0928. The lowest BCUT2D eigenvalue weighted by Crippen LogP contribution is -2.41. The van der Waals surface area contributed by atoms with Crippen LogP contribution in [0.25, 0.3) is 0 Å². The number of ether oxygens (including phenoxy) is 2. The summed E-state index contributed by atoms with van der Waals surface area (Å²) in [5, 5.41) is 0. The molecule has 0 aliphatic heterocycles. The molecule has 18 heavy (non-hydrogen) atoms. The molecule has 1 aromatic rings. The van der Waals surface area contributed by atoms with E-state index in [2.05, 4.69) is 0 Å². The first-order chi connectivity index (χ1) is 8.49. The number of nitrogens with two attached hydrogens (primary N) is 1. The molecule has 5 nitrogen and oxygen atoms in total. The van der Waals surface area contributed by atoms with Crippen LogP contribution in [0, 0.1) is 0 Å². The summed E-state index contributed by atoms with van der Waals surface area (Å²) in [6, 6.07) is 4.98. The van der Waals surface area contributed by atoms with Gasteiger partial charge in [0.05, 0.1) is 20.3 Å². The van der Waals surface area contributed by atoms with Crippen molar-refractivity contribution in [2.75, 3.05) is 28.3 Å². The van der Waals surface area contributed by atoms with Gasteiger partial charge >= 0.3 is 0 Å². The number of rotatable bonds is 5. The second-order valence-electron chi connectivity index (χ2n) is 4.23. The fourth-order valence-electron chi connectivity index (χ4n) is 1.68. The van der Waals surface area contributed by atoms with Gasteiger partial charge in [-0.1, -0.05) is 6.07 Å². The van der Waals surface area contributed by atoms with Gasteiger partial charge in [-0.05, 0) is 24.1 Å². The van der Waals surface area contributed by atoms with E-state index in [0.29, 0.717) is 17.9 Å². The molecule has 1 aromatic carbocycles. The molecule has 1 rings (SSSR count). The second kappa shape index (κ2) is 6.26. The fourth-order valence-corrected chi connectivity index (χ4v) is 1.68. The van der Waals surface area contributed by atoms with E-state index >= 15 is 0 Å². The van der Waals surface area contributed by atoms with Crippen molar-refractivity contribution in [1.29, 1.82) is 0 Å². The van der Waals surface area contributed by atoms with Gasteiger partial charge in [0.15, 0.2) is 11.5 Å². The maximum absolute atomic E-state index is 11.7. The smallest absolute Gasteiger partial charge is 0.239 e. The maximum atomic E-state index is 11.7. The van der Waals surface area contributed by atoms with Crippen LogP contribution in [-0.2, 0) is 11.2 Å². The number of benzene rings is 1. The molecule has 0 aliphatic carbocycles. The lowest BCUT2D eigenvalue weighted by atomic mass is 10.1. The van der Waals surface area contributed by atoms with Gasteiger partial charge < -0.3 is 20.1 Å². The molecule has 100 valence electrons. The molecule has 0 radical (unpaired) electrons. The Hall–Kier alpha value is -1.75. The van der Waals surface area contributed by atoms with Crippen LogP contribution in [0.5, 0.6) is 11.5 Å². The molecule has 5 heteroatoms. The summed E-state index contributed by atoms with van der Waals surface area (Å²) in [6.07, 6.45) is 0.470. The fraction of sp³-hybridized carbons (Fsp3) is 0.462. The van der Waals surface area contributed by atoms with Crippen molar-refractivity contribution in [1.82, 2.24) is 4.90 Å². The molecule has 0 spiro atoms. The lowest BCUT2D eigenvalue weighted by molar-refractivity contribution is -0.130. The highest BCUT2D eigenvalue weighted by Crippen LogP contribution is 2.27. The molecular formula is C13H20N2O3. The minimum atomic E-state index is -0.543. The second-order valence-corrected chi connectivity index (χ2v) is 4.23. The SMILES string of the molecule is COc1ccc(CC(N)C(=O)N(C)C)cc1OC. The molecule has 2 N–H and O–H groups in total. The number of hydrogen-bond donors (Lipinski definition) is 1. The zero-order valence-electron chi connectivity index (χ0n) is 11.3. The Morgan fingerprint density at radius 3 is 2.39 bits per heavy atom. The van der Waals surface area contributed by atoms with Crippen LogP contribution >= 0.6 is 0 Å². The van der Waals surface area contributed by atoms with Crippen molar-refractivity contribution in [3.05, 3.63) is 23.8 Å². The summed E-state index contributed by atoms with van der Waals surface area (Å²) in [6.45, 7) is 0. The molecule has 0 aliphatic rings. The molecule has 0 aromatic heterocycles. The molecule has 1 unspecified atom stereocenters. The van der Waals surface area contributed by atoms with Crippen molar-refractivity contribution in [3.8, 4) is 11.5 Å². The molecule has 1 atom stereocenters. The monoisotopic (exact) mass is 252 g/mol. The zero-order chi connectivity index (χ0) is 13.7. The summed E-state index contributed by atoms with van der Waals surface area (Å²) < 4.78 is 10.4. The Labute approximate surface area is 107 Å². The van der Waals surface area contributed by atoms with Crippen LogP contribution in [0.2, 0.25) is 0 Å². The van der Waals surface area contributed by atoms with Crippen LogP contribution in [0.3, 0.4) is 0 Å². The molecule has 1 amide bonds. The third kappa shape index (κ3) is 3.37. The van der Waals surface area contributed by atoms with Crippen molar-refractivity contribution in [2.45, 2.75) is 12.5 Å². The predicted molar refractivity (Wildman–Crippen MR) is 69.9 cm³/mol. The first-order valence-electron chi connectivity index (χ1n) is 5.67. The number of hydrogen-bond acceptors (Lipinski definition) is 4. The molecule has 0 bridgehead atoms. The molecule has 0 saturated carbocycles. The van der Waals surface area contributed by atoms with E-state index < -0.39 is 6.04 Å². The van der Waals surface area contributed by atoms with E-state index in [4.69, 9.17) is 15.2 Å². The van der Waals surface area contributed by atoms with Gasteiger partial charge in [0.1, 0.15) is 0 Å². The number of carbonyl (C=O) groups excluding carboxylic acids is 1. The molecular weight excluding hydrogens is 232 g/mol. The van der Waals surface area contributed by atoms with Crippen molar-refractivity contribution in [2.24, 2.45) is 5.73 Å². The number of amides is 1. The highest BCUT2D eigenvalue weighted by atomic mass is 16.5. The minimum Gasteiger partial charge on any atom is -0.493 e. The van der Waals surface area contributed by atoms with E-state index in [-0.39, 0.29) is 5.91 Å². The first-order valence-corrected chi connectivity index (χ1v) is 5.67. The van der Waals surface area contributed by atoms with Crippen molar-refractivity contribution < 1.29 is 14.3 Å². The molecule has 0 fully saturated rings. The standard InChI is InChI=1S/C13H20N2O3/c1-15(2)13(16)10(14)7-9-5-6-11(17-3)12(8-9)18-4/h5-6,8,10H,7,14H2,1-4H3. The highest BCUT2D eigenvalue weighted by molar-refractivity contribution is 5.81. The normalized spacial score (nSPS) is 11.8. The number of methoxy groups -OCH3 is 2. The van der Waals surface area contributed by atoms with E-state index in [1.165, 1.54) is 4.90 Å². The Bertz CT molecular complexity index is 419. The van der Waals surface area contributed by atoms with Gasteiger partial charge in [0.25, 0.3) is 0 Å². The zero-order valence-corrected chi connectivity index (χ0v) is 11.3. The van der Waals surface area contributed by atoms with Crippen molar-refractivity contribution >= 4 is 5.91 Å². The van der Waals surface area contributed by atoms with E-state index in [9.17, 15) is 4.79 Å². The van der Waals surface area contributed by atoms with Gasteiger partial charge in [-0.2, -0.15) is 0 Å². The number of carbonyl (C=O) groups is 1. The summed E-state index contributed by atoms with van der Waals surface area (Å²) in [5.41, 5.74) is 6.79. The third-order valence-electron chi connectivity index (χ3n) is 2.66. The van der Waals surface area contributed by atoms with E-state index in [1.54, 1.807) is 34.4 Å². The van der Waals surface area contributed by atoms with Crippen LogP contribution < -0.4 is 15.2 Å². The van der Waals surface area contributed by atoms with Crippen LogP contribution in [-0.4, -0.2) is 45.2 Å². The average Bonchev–Trinajstić information content (AvgIpc) is 2.37. The summed E-state index contributed by atoms with van der Waals surface area (Å²) in [7, 11) is 6.54. The average molecular weight is 252 g/mol. The van der Waals surface area contributed by atoms with Crippen molar-refractivity contribution in [3.63, 3.8) is 0 Å². The van der Waals surface area contributed by atoms with Gasteiger partial charge in [-0.3, -0.25) is 4.79 Å². The Balaban J connectivity index is 2.82. The Morgan fingerprint density at radius 2 is 1.89 bits per heavy atom. The van der Waals surface area contributed by atoms with Gasteiger partial charge in [-0.25, -0.2) is 0 Å². The van der Waals surface area contributed by atoms with E-state index in [0.717, 1.165) is 5.56 Å². The summed E-state index contributed by atoms with van der Waals surface area (Å²) >= 11 is 0. The Kier molecular flexibility index (Phi) is 4.97. The lowest BCUT2D eigenvalue weighted by Gasteiger charge is -2.17. The van der Waals surface area contributed by atoms with Gasteiger partial charge in [0.2, 0.25) is 5.91 Å². The highest BCUT2D eigenvalue weighted by Gasteiger charge is 2.16. The van der Waals surface area contributed by atoms with E-state index in [1.807, 2.05) is 12.1 Å². The largest absolute Gasteiger partial charge is 0.493 e. The topological polar surface area (TPSA) is 64.8 Å². The molecule has 0 saturated heterocycles. The van der Waals surface area contributed by atoms with Crippen LogP contribution in [0.1, 0.15) is 5.56 Å². The van der Waals surface area contributed by atoms with Crippen LogP contribution in [0.15, 0.2) is 18.2 Å². The maximum Gasteiger partial charge on any atom is 0.239 e. The van der Waals surface area contributed by atoms with Gasteiger partial charge in [0, 0.05) is 14.1 Å². The Morgan fingerprint density at radius 1 is 1.28 bits per heavy atom. The van der Waals surface area contributed by atoms with Crippen LogP contribution in [0.4, 0.5) is 0 Å². The van der Waals surface area contributed by atoms with Gasteiger partial charge in [-0.15, -0.1) is 0 Å². The third-order valence-corrected chi connectivity index (χ3v) is 2.66. The first kappa shape index (κ1) is 14.3. The predicted octanol–water partition coefficient (Wildman–Crippen LogP) is 0.662. The molecule has 0 heterocycles. The number of nitrogens with zero attached hydrogens (tertiary/aromatic N) is 1. The number of likely N-dealkylation sites (N-methyl/N-ethyl adjacent to an activating group) is 1. The quantitative estimate of drug-likeness (QED) is 0.836. The summed E-state index contributed by atoms with van der Waals surface area (Å²) in [4.78, 5) is 13.2. The summed E-state index contributed by atoms with van der Waals surface area (Å²) in [5.74, 6) is 1.21.